The summed E-state index contributed by atoms with van der Waals surface area (Å²) in [5, 5.41) is 18.7. The molecule has 2 aliphatic rings. The third-order valence-corrected chi connectivity index (χ3v) is 7.72. The van der Waals surface area contributed by atoms with Crippen LogP contribution in [0.1, 0.15) is 20.7 Å². The van der Waals surface area contributed by atoms with E-state index in [1.165, 1.54) is 0 Å². The van der Waals surface area contributed by atoms with Crippen molar-refractivity contribution in [3.63, 3.8) is 0 Å². The number of nitrogens with one attached hydrogen (secondary N) is 1. The van der Waals surface area contributed by atoms with E-state index in [2.05, 4.69) is 25.7 Å². The summed E-state index contributed by atoms with van der Waals surface area (Å²) in [5.74, 6) is 2.19. The molecule has 4 heterocycles. The Hall–Kier alpha value is -5.95. The second-order valence-corrected chi connectivity index (χ2v) is 11.7. The Morgan fingerprint density at radius 3 is 1.67 bits per heavy atom. The van der Waals surface area contributed by atoms with Gasteiger partial charge in [0.15, 0.2) is 33.3 Å². The number of nitrogens with two attached hydrogens (primary N) is 1. The Labute approximate surface area is 306 Å². The summed E-state index contributed by atoms with van der Waals surface area (Å²) >= 11 is 16.7. The summed E-state index contributed by atoms with van der Waals surface area (Å²) in [5.41, 5.74) is 11.1. The van der Waals surface area contributed by atoms with Crippen molar-refractivity contribution in [2.24, 2.45) is 0 Å². The first-order valence-corrected chi connectivity index (χ1v) is 16.1. The second-order valence-electron chi connectivity index (χ2n) is 10.6. The van der Waals surface area contributed by atoms with Crippen molar-refractivity contribution in [3.8, 4) is 45.5 Å². The number of anilines is 2. The summed E-state index contributed by atoms with van der Waals surface area (Å²) in [6.45, 7) is 0.375. The zero-order valence-corrected chi connectivity index (χ0v) is 28.5. The number of nitrogens with zero attached hydrogens (tertiary/aromatic N) is 4. The summed E-state index contributed by atoms with van der Waals surface area (Å²) in [4.78, 5) is 23.2. The maximum Gasteiger partial charge on any atom is 0.255 e. The molecule has 3 N–H and O–H groups in total. The van der Waals surface area contributed by atoms with Crippen LogP contribution in [0.15, 0.2) is 109 Å². The van der Waals surface area contributed by atoms with Gasteiger partial charge < -0.3 is 30.0 Å². The number of fused-ring (bicyclic) bond motifs is 2. The fourth-order valence-electron chi connectivity index (χ4n) is 4.65. The number of rotatable bonds is 5. The quantitative estimate of drug-likeness (QED) is 0.130. The number of ether oxygens (including phenoxy) is 4. The number of amides is 1. The molecule has 0 fully saturated rings. The topological polar surface area (TPSA) is 161 Å². The highest BCUT2D eigenvalue weighted by atomic mass is 35.5. The molecule has 51 heavy (non-hydrogen) atoms. The number of nitrogen functional groups attached to an aromatic ring is 1. The van der Waals surface area contributed by atoms with Crippen molar-refractivity contribution < 1.29 is 28.5 Å². The Balaban J connectivity index is 0.000000145. The molecule has 6 aromatic rings. The van der Waals surface area contributed by atoms with Crippen LogP contribution in [0.25, 0.3) is 22.5 Å². The molecule has 2 aromatic heterocycles. The normalized spacial score (nSPS) is 11.7. The average molecular weight is 744 g/mol. The van der Waals surface area contributed by atoms with Crippen LogP contribution in [0.5, 0.6) is 23.0 Å². The molecule has 2 aliphatic heterocycles. The van der Waals surface area contributed by atoms with Crippen molar-refractivity contribution in [2.75, 3.05) is 24.6 Å². The fraction of sp³-hybridized carbons (Fsp3) is 0.0556. The minimum absolute atomic E-state index is 0.171. The maximum atomic E-state index is 12.5. The van der Waals surface area contributed by atoms with Crippen molar-refractivity contribution >= 4 is 57.3 Å². The Bertz CT molecular complexity index is 2190. The summed E-state index contributed by atoms with van der Waals surface area (Å²) in [7, 11) is 0. The molecule has 0 bridgehead atoms. The number of aromatic nitrogens is 4. The molecular formula is C36H25Cl3N6O6. The lowest BCUT2D eigenvalue weighted by molar-refractivity contribution is 0.102. The van der Waals surface area contributed by atoms with Gasteiger partial charge in [0.2, 0.25) is 13.6 Å². The van der Waals surface area contributed by atoms with Crippen molar-refractivity contribution in [1.82, 2.24) is 20.4 Å². The van der Waals surface area contributed by atoms with Crippen molar-refractivity contribution in [2.45, 2.75) is 0 Å². The van der Waals surface area contributed by atoms with E-state index in [-0.39, 0.29) is 19.5 Å². The van der Waals surface area contributed by atoms with E-state index in [4.69, 9.17) is 59.5 Å². The molecular weight excluding hydrogens is 719 g/mol. The molecule has 15 heteroatoms. The minimum Gasteiger partial charge on any atom is -0.454 e. The first kappa shape index (κ1) is 34.9. The third kappa shape index (κ3) is 9.19. The summed E-state index contributed by atoms with van der Waals surface area (Å²) in [6.07, 6.45) is 0. The molecule has 8 rings (SSSR count). The molecule has 0 saturated carbocycles. The smallest absolute Gasteiger partial charge is 0.255 e. The van der Waals surface area contributed by atoms with Crippen LogP contribution < -0.4 is 30.0 Å². The molecule has 256 valence electrons. The predicted octanol–water partition coefficient (Wildman–Crippen LogP) is 7.95. The van der Waals surface area contributed by atoms with Gasteiger partial charge in [-0.05, 0) is 96.5 Å². The predicted molar refractivity (Wildman–Crippen MR) is 193 cm³/mol. The van der Waals surface area contributed by atoms with E-state index in [0.29, 0.717) is 61.5 Å². The molecule has 0 saturated heterocycles. The van der Waals surface area contributed by atoms with Gasteiger partial charge >= 0.3 is 0 Å². The first-order valence-electron chi connectivity index (χ1n) is 15.0. The lowest BCUT2D eigenvalue weighted by Crippen LogP contribution is -2.11. The van der Waals surface area contributed by atoms with Gasteiger partial charge in [-0.2, -0.15) is 0 Å². The number of carbonyl (C=O) groups is 2. The zero-order valence-electron chi connectivity index (χ0n) is 26.3. The summed E-state index contributed by atoms with van der Waals surface area (Å²) in [6, 6.07) is 31.7. The van der Waals surface area contributed by atoms with Gasteiger partial charge in [0, 0.05) is 33.6 Å². The lowest BCUT2D eigenvalue weighted by atomic mass is 10.1. The Morgan fingerprint density at radius 2 is 1.12 bits per heavy atom. The van der Waals surface area contributed by atoms with Crippen LogP contribution in [0.4, 0.5) is 11.4 Å². The molecule has 0 aliphatic carbocycles. The van der Waals surface area contributed by atoms with E-state index in [0.717, 1.165) is 16.8 Å². The molecule has 12 nitrogen and oxygen atoms in total. The highest BCUT2D eigenvalue weighted by Gasteiger charge is 2.17. The Kier molecular flexibility index (Phi) is 11.1. The fourth-order valence-corrected chi connectivity index (χ4v) is 4.97. The van der Waals surface area contributed by atoms with Gasteiger partial charge in [0.25, 0.3) is 11.1 Å². The summed E-state index contributed by atoms with van der Waals surface area (Å²) < 4.78 is 20.7. The molecule has 0 atom stereocenters. The molecule has 0 radical (unpaired) electrons. The number of hydrogen-bond acceptors (Lipinski definition) is 11. The number of hydrogen-bond donors (Lipinski definition) is 2. The minimum atomic E-state index is -0.492. The maximum absolute atomic E-state index is 12.5. The number of carbonyl (C=O) groups excluding carboxylic acids is 2. The largest absolute Gasteiger partial charge is 0.454 e. The standard InChI is InChI=1S/C18H12ClN3O3.C10H8ClN3.C8H5ClO3/c19-17-7-5-14(21-22-17)11-2-1-3-13(8-11)20-18(23)12-4-6-15-16(9-12)25-10-24-15;11-10-5-4-9(13-14-10)7-2-1-3-8(12)6-7;9-8(10)5-1-2-6-7(3-5)12-4-11-6/h1-9H,10H2,(H,20,23);1-6H,12H2;1-3H,4H2. The van der Waals surface area contributed by atoms with Gasteiger partial charge in [-0.25, -0.2) is 0 Å². The Morgan fingerprint density at radius 1 is 0.588 bits per heavy atom. The van der Waals surface area contributed by atoms with Crippen LogP contribution >= 0.6 is 34.8 Å². The lowest BCUT2D eigenvalue weighted by Gasteiger charge is -2.08. The van der Waals surface area contributed by atoms with E-state index in [9.17, 15) is 9.59 Å². The van der Waals surface area contributed by atoms with Gasteiger partial charge in [0.1, 0.15) is 0 Å². The van der Waals surface area contributed by atoms with Crippen molar-refractivity contribution in [1.29, 1.82) is 0 Å². The molecule has 4 aromatic carbocycles. The van der Waals surface area contributed by atoms with Gasteiger partial charge in [-0.1, -0.05) is 47.5 Å². The second kappa shape index (κ2) is 16.2. The van der Waals surface area contributed by atoms with Gasteiger partial charge in [-0.3, -0.25) is 9.59 Å². The highest BCUT2D eigenvalue weighted by molar-refractivity contribution is 6.67. The van der Waals surface area contributed by atoms with E-state index < -0.39 is 5.24 Å². The highest BCUT2D eigenvalue weighted by Crippen LogP contribution is 2.34. The molecule has 0 spiro atoms. The van der Waals surface area contributed by atoms with Crippen LogP contribution in [-0.2, 0) is 0 Å². The third-order valence-electron chi connectivity index (χ3n) is 7.10. The van der Waals surface area contributed by atoms with E-state index >= 15 is 0 Å². The van der Waals surface area contributed by atoms with Crippen LogP contribution in [0.2, 0.25) is 10.3 Å². The molecule has 1 amide bonds. The van der Waals surface area contributed by atoms with Gasteiger partial charge in [-0.15, -0.1) is 20.4 Å². The SMILES string of the molecule is Nc1cccc(-c2ccc(Cl)nn2)c1.O=C(Cl)c1ccc2c(c1)OCO2.O=C(Nc1cccc(-c2ccc(Cl)nn2)c1)c1ccc2c(c1)OCO2. The number of benzene rings is 4. The first-order chi connectivity index (χ1) is 24.7. The van der Waals surface area contributed by atoms with E-state index in [1.54, 1.807) is 60.7 Å². The van der Waals surface area contributed by atoms with Crippen LogP contribution in [-0.4, -0.2) is 45.1 Å². The monoisotopic (exact) mass is 742 g/mol. The van der Waals surface area contributed by atoms with E-state index in [1.807, 2.05) is 48.5 Å². The molecule has 0 unspecified atom stereocenters. The zero-order chi connectivity index (χ0) is 35.7. The number of halogens is 3. The van der Waals surface area contributed by atoms with Gasteiger partial charge in [0.05, 0.1) is 11.4 Å². The van der Waals surface area contributed by atoms with Crippen molar-refractivity contribution in [3.05, 3.63) is 131 Å². The van der Waals surface area contributed by atoms with Crippen LogP contribution in [0.3, 0.4) is 0 Å². The van der Waals surface area contributed by atoms with Crippen LogP contribution in [0, 0.1) is 0 Å². The average Bonchev–Trinajstić information content (AvgIpc) is 3.82.